The molecule has 0 saturated heterocycles. The van der Waals surface area contributed by atoms with Gasteiger partial charge in [0.1, 0.15) is 11.5 Å². The predicted molar refractivity (Wildman–Crippen MR) is 126 cm³/mol. The van der Waals surface area contributed by atoms with Gasteiger partial charge in [-0.1, -0.05) is 49.4 Å². The third-order valence-electron chi connectivity index (χ3n) is 7.35. The van der Waals surface area contributed by atoms with Gasteiger partial charge in [-0.05, 0) is 73.7 Å². The molecule has 160 valence electrons. The molecular formula is C28H31NO2. The number of anilines is 1. The molecule has 5 rings (SSSR count). The number of nitrogens with one attached hydrogen (secondary N) is 1. The molecular weight excluding hydrogens is 382 g/mol. The lowest BCUT2D eigenvalue weighted by atomic mass is 9.58. The van der Waals surface area contributed by atoms with Gasteiger partial charge in [-0.3, -0.25) is 0 Å². The van der Waals surface area contributed by atoms with Crippen molar-refractivity contribution in [3.05, 3.63) is 89.5 Å². The Labute approximate surface area is 185 Å². The maximum Gasteiger partial charge on any atom is 0.119 e. The summed E-state index contributed by atoms with van der Waals surface area (Å²) in [5, 5.41) is 3.91. The molecule has 3 aromatic carbocycles. The highest BCUT2D eigenvalue weighted by atomic mass is 16.5. The second kappa shape index (κ2) is 7.64. The van der Waals surface area contributed by atoms with Crippen LogP contribution in [0, 0.1) is 5.41 Å². The minimum atomic E-state index is -0.133. The van der Waals surface area contributed by atoms with Crippen LogP contribution in [0.1, 0.15) is 56.3 Å². The van der Waals surface area contributed by atoms with E-state index in [1.807, 2.05) is 13.8 Å². The van der Waals surface area contributed by atoms with Crippen LogP contribution in [0.3, 0.4) is 0 Å². The first-order valence-electron chi connectivity index (χ1n) is 11.4. The summed E-state index contributed by atoms with van der Waals surface area (Å²) in [6.07, 6.45) is 2.39. The normalized spacial score (nSPS) is 23.0. The van der Waals surface area contributed by atoms with Gasteiger partial charge in [0.05, 0.1) is 19.3 Å². The van der Waals surface area contributed by atoms with Gasteiger partial charge in [-0.15, -0.1) is 0 Å². The quantitative estimate of drug-likeness (QED) is 0.485. The van der Waals surface area contributed by atoms with Gasteiger partial charge in [0.15, 0.2) is 0 Å². The first kappa shape index (κ1) is 20.0. The van der Waals surface area contributed by atoms with E-state index in [0.717, 1.165) is 11.5 Å². The first-order chi connectivity index (χ1) is 15.1. The summed E-state index contributed by atoms with van der Waals surface area (Å²) in [7, 11) is 0. The summed E-state index contributed by atoms with van der Waals surface area (Å²) in [4.78, 5) is 0. The minimum absolute atomic E-state index is 0.124. The van der Waals surface area contributed by atoms with Gasteiger partial charge in [0, 0.05) is 16.5 Å². The van der Waals surface area contributed by atoms with Crippen molar-refractivity contribution in [2.24, 2.45) is 5.41 Å². The monoisotopic (exact) mass is 413 g/mol. The van der Waals surface area contributed by atoms with Crippen molar-refractivity contribution in [1.29, 1.82) is 0 Å². The average Bonchev–Trinajstić information content (AvgIpc) is 3.60. The van der Waals surface area contributed by atoms with Crippen molar-refractivity contribution < 1.29 is 9.47 Å². The Morgan fingerprint density at radius 1 is 0.839 bits per heavy atom. The van der Waals surface area contributed by atoms with E-state index < -0.39 is 0 Å². The molecule has 1 N–H and O–H groups in total. The van der Waals surface area contributed by atoms with Crippen molar-refractivity contribution in [3.8, 4) is 11.5 Å². The van der Waals surface area contributed by atoms with Crippen LogP contribution in [-0.4, -0.2) is 13.2 Å². The van der Waals surface area contributed by atoms with Crippen molar-refractivity contribution in [2.45, 2.75) is 45.1 Å². The van der Waals surface area contributed by atoms with Gasteiger partial charge in [-0.25, -0.2) is 0 Å². The molecule has 0 aromatic heterocycles. The van der Waals surface area contributed by atoms with E-state index in [4.69, 9.17) is 9.47 Å². The fourth-order valence-electron chi connectivity index (χ4n) is 5.64. The van der Waals surface area contributed by atoms with Gasteiger partial charge in [0.2, 0.25) is 0 Å². The molecule has 1 aliphatic carbocycles. The Balaban J connectivity index is 1.69. The molecule has 0 bridgehead atoms. The van der Waals surface area contributed by atoms with Crippen LogP contribution in [0.2, 0.25) is 0 Å². The summed E-state index contributed by atoms with van der Waals surface area (Å²) < 4.78 is 11.6. The molecule has 3 nitrogen and oxygen atoms in total. The summed E-state index contributed by atoms with van der Waals surface area (Å²) in [6.45, 7) is 7.85. The number of ether oxygens (including phenoxy) is 2. The molecule has 3 aromatic rings. The van der Waals surface area contributed by atoms with Crippen LogP contribution in [-0.2, 0) is 5.41 Å². The second-order valence-corrected chi connectivity index (χ2v) is 8.87. The summed E-state index contributed by atoms with van der Waals surface area (Å²) >= 11 is 0. The Bertz CT molecular complexity index is 1060. The highest BCUT2D eigenvalue weighted by molar-refractivity contribution is 5.67. The Morgan fingerprint density at radius 2 is 1.48 bits per heavy atom. The molecule has 1 saturated carbocycles. The van der Waals surface area contributed by atoms with E-state index in [9.17, 15) is 0 Å². The van der Waals surface area contributed by atoms with E-state index >= 15 is 0 Å². The third-order valence-corrected chi connectivity index (χ3v) is 7.35. The van der Waals surface area contributed by atoms with Crippen molar-refractivity contribution in [1.82, 2.24) is 0 Å². The van der Waals surface area contributed by atoms with E-state index in [1.54, 1.807) is 0 Å². The zero-order chi connectivity index (χ0) is 21.5. The first-order valence-corrected chi connectivity index (χ1v) is 11.4. The molecule has 31 heavy (non-hydrogen) atoms. The lowest BCUT2D eigenvalue weighted by Crippen LogP contribution is -2.45. The van der Waals surface area contributed by atoms with Crippen LogP contribution in [0.4, 0.5) is 5.69 Å². The van der Waals surface area contributed by atoms with Crippen LogP contribution in [0.15, 0.2) is 72.8 Å². The lowest BCUT2D eigenvalue weighted by molar-refractivity contribution is 0.262. The van der Waals surface area contributed by atoms with Crippen molar-refractivity contribution in [2.75, 3.05) is 18.5 Å². The molecule has 0 radical (unpaired) electrons. The van der Waals surface area contributed by atoms with Crippen molar-refractivity contribution in [3.63, 3.8) is 0 Å². The SMILES string of the molecule is CCOc1ccc([C@@]2(C)c3cc(OCC)ccc3N[C@H](c3ccccc3)C23CC3)cc1. The number of hydrogen-bond acceptors (Lipinski definition) is 3. The molecule has 0 amide bonds. The predicted octanol–water partition coefficient (Wildman–Crippen LogP) is 6.74. The topological polar surface area (TPSA) is 30.5 Å². The number of fused-ring (bicyclic) bond motifs is 1. The zero-order valence-corrected chi connectivity index (χ0v) is 18.7. The summed E-state index contributed by atoms with van der Waals surface area (Å²) in [6, 6.07) is 26.5. The molecule has 2 atom stereocenters. The lowest BCUT2D eigenvalue weighted by Gasteiger charge is -2.50. The number of rotatable bonds is 6. The van der Waals surface area contributed by atoms with Gasteiger partial charge < -0.3 is 14.8 Å². The Hall–Kier alpha value is -2.94. The Kier molecular flexibility index (Phi) is 4.92. The van der Waals surface area contributed by atoms with Crippen LogP contribution >= 0.6 is 0 Å². The van der Waals surface area contributed by atoms with E-state index in [0.29, 0.717) is 13.2 Å². The maximum absolute atomic E-state index is 5.90. The number of benzene rings is 3. The molecule has 1 spiro atoms. The minimum Gasteiger partial charge on any atom is -0.494 e. The standard InChI is InChI=1S/C28H31NO2/c1-4-30-22-13-11-21(12-14-22)27(3)24-19-23(31-5-2)15-16-25(24)29-26(28(27)17-18-28)20-9-7-6-8-10-20/h6-16,19,26,29H,4-5,17-18H2,1-3H3/t26-,27+/m1/s1. The highest BCUT2D eigenvalue weighted by Gasteiger charge is 2.65. The molecule has 3 heteroatoms. The molecule has 0 unspecified atom stereocenters. The van der Waals surface area contributed by atoms with E-state index in [2.05, 4.69) is 85.0 Å². The summed E-state index contributed by atoms with van der Waals surface area (Å²) in [5.74, 6) is 1.87. The Morgan fingerprint density at radius 3 is 2.13 bits per heavy atom. The molecule has 2 aliphatic rings. The van der Waals surface area contributed by atoms with Gasteiger partial charge in [-0.2, -0.15) is 0 Å². The highest BCUT2D eigenvalue weighted by Crippen LogP contribution is 2.71. The van der Waals surface area contributed by atoms with Gasteiger partial charge in [0.25, 0.3) is 0 Å². The average molecular weight is 414 g/mol. The smallest absolute Gasteiger partial charge is 0.119 e. The fourth-order valence-corrected chi connectivity index (χ4v) is 5.64. The van der Waals surface area contributed by atoms with Crippen LogP contribution in [0.5, 0.6) is 11.5 Å². The molecule has 1 heterocycles. The second-order valence-electron chi connectivity index (χ2n) is 8.87. The molecule has 1 fully saturated rings. The third kappa shape index (κ3) is 3.10. The van der Waals surface area contributed by atoms with Gasteiger partial charge >= 0.3 is 0 Å². The van der Waals surface area contributed by atoms with E-state index in [1.165, 1.54) is 35.2 Å². The van der Waals surface area contributed by atoms with Crippen molar-refractivity contribution >= 4 is 5.69 Å². The largest absolute Gasteiger partial charge is 0.494 e. The van der Waals surface area contributed by atoms with Crippen LogP contribution < -0.4 is 14.8 Å². The van der Waals surface area contributed by atoms with Crippen LogP contribution in [0.25, 0.3) is 0 Å². The number of hydrogen-bond donors (Lipinski definition) is 1. The zero-order valence-electron chi connectivity index (χ0n) is 18.7. The summed E-state index contributed by atoms with van der Waals surface area (Å²) in [5.41, 5.74) is 5.21. The maximum atomic E-state index is 5.90. The van der Waals surface area contributed by atoms with E-state index in [-0.39, 0.29) is 16.9 Å². The molecule has 1 aliphatic heterocycles. The fraction of sp³-hybridized carbons (Fsp3) is 0.357.